The molecule has 14 heavy (non-hydrogen) atoms. The Kier molecular flexibility index (Phi) is 4.46. The predicted molar refractivity (Wildman–Crippen MR) is 60.1 cm³/mol. The van der Waals surface area contributed by atoms with E-state index in [1.165, 1.54) is 5.84 Å². The summed E-state index contributed by atoms with van der Waals surface area (Å²) in [4.78, 5) is 6.67. The Morgan fingerprint density at radius 1 is 1.71 bits per heavy atom. The van der Waals surface area contributed by atoms with Crippen molar-refractivity contribution in [3.8, 4) is 0 Å². The van der Waals surface area contributed by atoms with Gasteiger partial charge in [-0.1, -0.05) is 6.92 Å². The molecule has 0 bridgehead atoms. The Labute approximate surface area is 85.9 Å². The first kappa shape index (κ1) is 11.0. The van der Waals surface area contributed by atoms with Gasteiger partial charge in [0.15, 0.2) is 0 Å². The summed E-state index contributed by atoms with van der Waals surface area (Å²) in [6.45, 7) is 7.53. The van der Waals surface area contributed by atoms with Crippen LogP contribution in [0.15, 0.2) is 16.9 Å². The van der Waals surface area contributed by atoms with Crippen LogP contribution in [0.3, 0.4) is 0 Å². The van der Waals surface area contributed by atoms with Crippen molar-refractivity contribution < 1.29 is 0 Å². The molecule has 4 nitrogen and oxygen atoms in total. The lowest BCUT2D eigenvalue weighted by molar-refractivity contribution is 0.497. The van der Waals surface area contributed by atoms with Crippen LogP contribution in [0.2, 0.25) is 0 Å². The molecule has 1 aliphatic heterocycles. The maximum absolute atomic E-state index is 5.46. The molecule has 3 N–H and O–H groups in total. The van der Waals surface area contributed by atoms with Crippen LogP contribution in [0.25, 0.3) is 0 Å². The highest BCUT2D eigenvalue weighted by Gasteiger charge is 2.17. The molecule has 0 spiro atoms. The van der Waals surface area contributed by atoms with E-state index in [4.69, 9.17) is 5.73 Å². The van der Waals surface area contributed by atoms with Crippen LogP contribution in [0.4, 0.5) is 0 Å². The van der Waals surface area contributed by atoms with Gasteiger partial charge in [0.2, 0.25) is 0 Å². The molecule has 1 aliphatic rings. The molecule has 0 aromatic rings. The second-order valence-electron chi connectivity index (χ2n) is 3.19. The summed E-state index contributed by atoms with van der Waals surface area (Å²) in [5.41, 5.74) is 5.46. The first-order chi connectivity index (χ1) is 6.83. The van der Waals surface area contributed by atoms with Crippen LogP contribution < -0.4 is 11.1 Å². The van der Waals surface area contributed by atoms with E-state index in [0.29, 0.717) is 6.54 Å². The standard InChI is InChI=1S/C10H20N4/c1-3-9(12-6-5-11)14-8-7-13-10(14)4-2/h3,12H,4-8,11H2,1-2H3/b9-3+. The van der Waals surface area contributed by atoms with Crippen LogP contribution in [0.1, 0.15) is 20.3 Å². The van der Waals surface area contributed by atoms with Gasteiger partial charge >= 0.3 is 0 Å². The Bertz CT molecular complexity index is 232. The molecule has 0 amide bonds. The molecular weight excluding hydrogens is 176 g/mol. The fourth-order valence-electron chi connectivity index (χ4n) is 1.61. The van der Waals surface area contributed by atoms with Gasteiger partial charge in [-0.25, -0.2) is 0 Å². The summed E-state index contributed by atoms with van der Waals surface area (Å²) < 4.78 is 0. The fourth-order valence-corrected chi connectivity index (χ4v) is 1.61. The van der Waals surface area contributed by atoms with Gasteiger partial charge in [-0.3, -0.25) is 4.99 Å². The van der Waals surface area contributed by atoms with E-state index >= 15 is 0 Å². The zero-order valence-electron chi connectivity index (χ0n) is 9.08. The molecule has 1 rings (SSSR count). The minimum absolute atomic E-state index is 0.657. The van der Waals surface area contributed by atoms with E-state index in [1.54, 1.807) is 0 Å². The molecular formula is C10H20N4. The van der Waals surface area contributed by atoms with Gasteiger partial charge in [0.25, 0.3) is 0 Å². The number of rotatable bonds is 5. The van der Waals surface area contributed by atoms with Crippen molar-refractivity contribution in [3.05, 3.63) is 11.9 Å². The number of nitrogens with zero attached hydrogens (tertiary/aromatic N) is 2. The number of nitrogens with two attached hydrogens (primary N) is 1. The fraction of sp³-hybridized carbons (Fsp3) is 0.700. The first-order valence-electron chi connectivity index (χ1n) is 5.24. The van der Waals surface area contributed by atoms with E-state index in [9.17, 15) is 0 Å². The second-order valence-corrected chi connectivity index (χ2v) is 3.19. The summed E-state index contributed by atoms with van der Waals surface area (Å²) in [6.07, 6.45) is 3.06. The lowest BCUT2D eigenvalue weighted by Crippen LogP contribution is -2.36. The van der Waals surface area contributed by atoms with E-state index in [0.717, 1.165) is 31.9 Å². The maximum Gasteiger partial charge on any atom is 0.104 e. The largest absolute Gasteiger partial charge is 0.370 e. The van der Waals surface area contributed by atoms with Gasteiger partial charge in [0.1, 0.15) is 11.7 Å². The number of hydrogen-bond donors (Lipinski definition) is 2. The predicted octanol–water partition coefficient (Wildman–Crippen LogP) is 0.520. The van der Waals surface area contributed by atoms with Crippen molar-refractivity contribution in [2.45, 2.75) is 20.3 Å². The van der Waals surface area contributed by atoms with Crippen LogP contribution in [-0.2, 0) is 0 Å². The third kappa shape index (κ3) is 2.48. The van der Waals surface area contributed by atoms with Crippen LogP contribution >= 0.6 is 0 Å². The van der Waals surface area contributed by atoms with Crippen LogP contribution in [0.5, 0.6) is 0 Å². The van der Waals surface area contributed by atoms with Gasteiger partial charge in [0, 0.05) is 26.1 Å². The Morgan fingerprint density at radius 2 is 2.50 bits per heavy atom. The zero-order valence-corrected chi connectivity index (χ0v) is 9.08. The summed E-state index contributed by atoms with van der Waals surface area (Å²) in [6, 6.07) is 0. The van der Waals surface area contributed by atoms with Gasteiger partial charge < -0.3 is 16.0 Å². The molecule has 0 atom stereocenters. The highest BCUT2D eigenvalue weighted by Crippen LogP contribution is 2.10. The number of nitrogens with one attached hydrogen (secondary N) is 1. The van der Waals surface area contributed by atoms with Crippen molar-refractivity contribution in [3.63, 3.8) is 0 Å². The van der Waals surface area contributed by atoms with E-state index in [2.05, 4.69) is 28.2 Å². The minimum Gasteiger partial charge on any atom is -0.370 e. The molecule has 0 unspecified atom stereocenters. The SMILES string of the molecule is C/C=C(\NCCN)N1CCN=C1CC. The highest BCUT2D eigenvalue weighted by molar-refractivity contribution is 5.85. The number of allylic oxidation sites excluding steroid dienone is 1. The van der Waals surface area contributed by atoms with Gasteiger partial charge in [0.05, 0.1) is 6.54 Å². The highest BCUT2D eigenvalue weighted by atomic mass is 15.3. The average molecular weight is 196 g/mol. The number of aliphatic imine (C=N–C) groups is 1. The van der Waals surface area contributed by atoms with Gasteiger partial charge in [-0.15, -0.1) is 0 Å². The van der Waals surface area contributed by atoms with Crippen molar-refractivity contribution >= 4 is 5.84 Å². The summed E-state index contributed by atoms with van der Waals surface area (Å²) in [7, 11) is 0. The molecule has 0 aromatic heterocycles. The summed E-state index contributed by atoms with van der Waals surface area (Å²) in [5, 5.41) is 3.31. The number of amidine groups is 1. The topological polar surface area (TPSA) is 53.6 Å². The quantitative estimate of drug-likeness (QED) is 0.674. The van der Waals surface area contributed by atoms with Crippen molar-refractivity contribution in [2.75, 3.05) is 26.2 Å². The minimum atomic E-state index is 0.657. The monoisotopic (exact) mass is 196 g/mol. The van der Waals surface area contributed by atoms with Crippen molar-refractivity contribution in [1.82, 2.24) is 10.2 Å². The molecule has 0 aromatic carbocycles. The molecule has 4 heteroatoms. The lowest BCUT2D eigenvalue weighted by atomic mass is 10.3. The molecule has 0 aliphatic carbocycles. The Hall–Kier alpha value is -1.03. The zero-order chi connectivity index (χ0) is 10.4. The third-order valence-electron chi connectivity index (χ3n) is 2.26. The molecule has 0 saturated heterocycles. The van der Waals surface area contributed by atoms with E-state index < -0.39 is 0 Å². The first-order valence-corrected chi connectivity index (χ1v) is 5.24. The molecule has 0 radical (unpaired) electrons. The van der Waals surface area contributed by atoms with Crippen LogP contribution in [0, 0.1) is 0 Å². The van der Waals surface area contributed by atoms with Gasteiger partial charge in [-0.05, 0) is 13.0 Å². The lowest BCUT2D eigenvalue weighted by Gasteiger charge is -2.23. The summed E-state index contributed by atoms with van der Waals surface area (Å²) in [5.74, 6) is 2.30. The van der Waals surface area contributed by atoms with Gasteiger partial charge in [-0.2, -0.15) is 0 Å². The third-order valence-corrected chi connectivity index (χ3v) is 2.26. The average Bonchev–Trinajstić information content (AvgIpc) is 2.67. The smallest absolute Gasteiger partial charge is 0.104 e. The molecule has 80 valence electrons. The second kappa shape index (κ2) is 5.65. The number of hydrogen-bond acceptors (Lipinski definition) is 4. The molecule has 0 fully saturated rings. The van der Waals surface area contributed by atoms with Crippen LogP contribution in [-0.4, -0.2) is 36.9 Å². The van der Waals surface area contributed by atoms with E-state index in [1.807, 2.05) is 6.92 Å². The maximum atomic E-state index is 5.46. The van der Waals surface area contributed by atoms with E-state index in [-0.39, 0.29) is 0 Å². The summed E-state index contributed by atoms with van der Waals surface area (Å²) >= 11 is 0. The normalized spacial score (nSPS) is 17.2. The molecule has 0 saturated carbocycles. The Balaban J connectivity index is 2.57. The van der Waals surface area contributed by atoms with Crippen molar-refractivity contribution in [2.24, 2.45) is 10.7 Å². The van der Waals surface area contributed by atoms with Crippen molar-refractivity contribution in [1.29, 1.82) is 0 Å². The molecule has 1 heterocycles. The Morgan fingerprint density at radius 3 is 3.07 bits per heavy atom.